The van der Waals surface area contributed by atoms with Gasteiger partial charge in [-0.05, 0) is 23.3 Å². The van der Waals surface area contributed by atoms with E-state index in [9.17, 15) is 5.26 Å². The third kappa shape index (κ3) is 2.79. The van der Waals surface area contributed by atoms with E-state index < -0.39 is 0 Å². The van der Waals surface area contributed by atoms with Gasteiger partial charge in [-0.25, -0.2) is 0 Å². The molecule has 3 aromatic rings. The molecule has 3 rings (SSSR count). The number of aromatic nitrogens is 1. The van der Waals surface area contributed by atoms with Gasteiger partial charge in [-0.15, -0.1) is 0 Å². The molecule has 104 valence electrons. The summed E-state index contributed by atoms with van der Waals surface area (Å²) in [6, 6.07) is 27.7. The normalized spacial score (nSPS) is 11.4. The van der Waals surface area contributed by atoms with Gasteiger partial charge in [0.1, 0.15) is 6.07 Å². The smallest absolute Gasteiger partial charge is 0.100 e. The Morgan fingerprint density at radius 3 is 1.86 bits per heavy atom. The Balaban J connectivity index is 2.30. The zero-order valence-corrected chi connectivity index (χ0v) is 12.0. The monoisotopic (exact) mass is 282 g/mol. The highest BCUT2D eigenvalue weighted by Gasteiger charge is 2.14. The Hall–Kier alpha value is -3.18. The minimum absolute atomic E-state index is 0.630. The summed E-state index contributed by atoms with van der Waals surface area (Å²) >= 11 is 0. The van der Waals surface area contributed by atoms with Crippen LogP contribution in [0.25, 0.3) is 11.1 Å². The molecule has 0 N–H and O–H groups in total. The van der Waals surface area contributed by atoms with Crippen molar-refractivity contribution in [2.24, 2.45) is 0 Å². The Bertz CT molecular complexity index is 772. The Kier molecular flexibility index (Phi) is 4.08. The largest absolute Gasteiger partial charge is 0.256 e. The van der Waals surface area contributed by atoms with E-state index >= 15 is 0 Å². The van der Waals surface area contributed by atoms with Crippen molar-refractivity contribution in [3.05, 3.63) is 102 Å². The van der Waals surface area contributed by atoms with Crippen molar-refractivity contribution in [2.75, 3.05) is 0 Å². The zero-order valence-electron chi connectivity index (χ0n) is 12.0. The number of rotatable bonds is 3. The van der Waals surface area contributed by atoms with Gasteiger partial charge >= 0.3 is 0 Å². The molecule has 0 fully saturated rings. The number of hydrogen-bond donors (Lipinski definition) is 0. The molecule has 0 amide bonds. The maximum Gasteiger partial charge on any atom is 0.100 e. The molecular formula is C20H14N2. The molecule has 0 aliphatic rings. The summed E-state index contributed by atoms with van der Waals surface area (Å²) < 4.78 is 0. The van der Waals surface area contributed by atoms with Crippen LogP contribution in [-0.4, -0.2) is 4.98 Å². The van der Waals surface area contributed by atoms with E-state index in [0.29, 0.717) is 5.57 Å². The van der Waals surface area contributed by atoms with Crippen molar-refractivity contribution in [2.45, 2.75) is 0 Å². The van der Waals surface area contributed by atoms with Crippen LogP contribution in [0.1, 0.15) is 16.8 Å². The fourth-order valence-corrected chi connectivity index (χ4v) is 2.41. The molecule has 2 heteroatoms. The molecule has 2 nitrogen and oxygen atoms in total. The van der Waals surface area contributed by atoms with E-state index in [4.69, 9.17) is 0 Å². The highest BCUT2D eigenvalue weighted by Crippen LogP contribution is 2.30. The summed E-state index contributed by atoms with van der Waals surface area (Å²) in [5.41, 5.74) is 4.17. The van der Waals surface area contributed by atoms with Gasteiger partial charge in [0, 0.05) is 11.8 Å². The number of nitrogens with zero attached hydrogens (tertiary/aromatic N) is 2. The van der Waals surface area contributed by atoms with Gasteiger partial charge < -0.3 is 0 Å². The summed E-state index contributed by atoms with van der Waals surface area (Å²) in [6.07, 6.45) is 1.75. The molecule has 0 radical (unpaired) electrons. The van der Waals surface area contributed by atoms with E-state index in [1.54, 1.807) is 6.20 Å². The molecule has 1 heterocycles. The molecular weight excluding hydrogens is 268 g/mol. The first kappa shape index (κ1) is 13.8. The maximum absolute atomic E-state index is 9.74. The van der Waals surface area contributed by atoms with E-state index in [2.05, 4.69) is 11.1 Å². The van der Waals surface area contributed by atoms with Gasteiger partial charge in [-0.1, -0.05) is 66.7 Å². The fourth-order valence-electron chi connectivity index (χ4n) is 2.41. The predicted octanol–water partition coefficient (Wildman–Crippen LogP) is 4.56. The van der Waals surface area contributed by atoms with Crippen molar-refractivity contribution < 1.29 is 0 Å². The Morgan fingerprint density at radius 1 is 0.727 bits per heavy atom. The van der Waals surface area contributed by atoms with Crippen molar-refractivity contribution in [3.8, 4) is 6.07 Å². The lowest BCUT2D eigenvalue weighted by molar-refractivity contribution is 1.27. The molecule has 0 aliphatic heterocycles. The van der Waals surface area contributed by atoms with Crippen LogP contribution in [0, 0.1) is 11.3 Å². The minimum atomic E-state index is 0.630. The zero-order chi connectivity index (χ0) is 15.2. The van der Waals surface area contributed by atoms with Crippen LogP contribution < -0.4 is 0 Å². The number of pyridine rings is 1. The molecule has 0 atom stereocenters. The average Bonchev–Trinajstić information content (AvgIpc) is 2.62. The van der Waals surface area contributed by atoms with Gasteiger partial charge in [-0.2, -0.15) is 5.26 Å². The van der Waals surface area contributed by atoms with Crippen LogP contribution >= 0.6 is 0 Å². The summed E-state index contributed by atoms with van der Waals surface area (Å²) in [6.45, 7) is 0. The SMILES string of the molecule is N#CC(=C(c1ccccc1)c1ccccn1)c1ccccc1. The van der Waals surface area contributed by atoms with Crippen LogP contribution in [0.3, 0.4) is 0 Å². The topological polar surface area (TPSA) is 36.7 Å². The third-order valence-electron chi connectivity index (χ3n) is 3.41. The molecule has 0 bridgehead atoms. The second-order valence-electron chi connectivity index (χ2n) is 4.81. The molecule has 0 saturated carbocycles. The first-order valence-electron chi connectivity index (χ1n) is 7.07. The molecule has 0 spiro atoms. The van der Waals surface area contributed by atoms with Crippen molar-refractivity contribution >= 4 is 11.1 Å². The summed E-state index contributed by atoms with van der Waals surface area (Å²) in [7, 11) is 0. The standard InChI is InChI=1S/C20H14N2/c21-15-18(16-9-3-1-4-10-16)20(17-11-5-2-6-12-17)19-13-7-8-14-22-19/h1-14H. The highest BCUT2D eigenvalue weighted by molar-refractivity contribution is 6.02. The lowest BCUT2D eigenvalue weighted by Gasteiger charge is -2.11. The predicted molar refractivity (Wildman–Crippen MR) is 88.7 cm³/mol. The van der Waals surface area contributed by atoms with Crippen LogP contribution in [-0.2, 0) is 0 Å². The molecule has 1 aromatic heterocycles. The quantitative estimate of drug-likeness (QED) is 0.521. The van der Waals surface area contributed by atoms with Crippen LogP contribution in [0.4, 0.5) is 0 Å². The van der Waals surface area contributed by atoms with E-state index in [1.807, 2.05) is 78.9 Å². The van der Waals surface area contributed by atoms with Crippen molar-refractivity contribution in [1.29, 1.82) is 5.26 Å². The lowest BCUT2D eigenvalue weighted by atomic mass is 9.93. The second-order valence-corrected chi connectivity index (χ2v) is 4.81. The van der Waals surface area contributed by atoms with Gasteiger partial charge in [0.15, 0.2) is 0 Å². The van der Waals surface area contributed by atoms with E-state index in [-0.39, 0.29) is 0 Å². The van der Waals surface area contributed by atoms with E-state index in [1.165, 1.54) is 0 Å². The summed E-state index contributed by atoms with van der Waals surface area (Å²) in [5.74, 6) is 0. The highest BCUT2D eigenvalue weighted by atomic mass is 14.7. The van der Waals surface area contributed by atoms with E-state index in [0.717, 1.165) is 22.4 Å². The Morgan fingerprint density at radius 2 is 1.32 bits per heavy atom. The first-order valence-corrected chi connectivity index (χ1v) is 7.07. The number of hydrogen-bond acceptors (Lipinski definition) is 2. The summed E-state index contributed by atoms with van der Waals surface area (Å²) in [5, 5.41) is 9.74. The number of benzene rings is 2. The Labute approximate surface area is 130 Å². The van der Waals surface area contributed by atoms with Crippen molar-refractivity contribution in [3.63, 3.8) is 0 Å². The third-order valence-corrected chi connectivity index (χ3v) is 3.41. The van der Waals surface area contributed by atoms with Crippen LogP contribution in [0.2, 0.25) is 0 Å². The number of nitriles is 1. The van der Waals surface area contributed by atoms with Crippen LogP contribution in [0.5, 0.6) is 0 Å². The lowest BCUT2D eigenvalue weighted by Crippen LogP contribution is -1.96. The van der Waals surface area contributed by atoms with Crippen molar-refractivity contribution in [1.82, 2.24) is 4.98 Å². The van der Waals surface area contributed by atoms with Gasteiger partial charge in [0.05, 0.1) is 11.3 Å². The maximum atomic E-state index is 9.74. The molecule has 0 unspecified atom stereocenters. The molecule has 0 saturated heterocycles. The minimum Gasteiger partial charge on any atom is -0.256 e. The first-order chi connectivity index (χ1) is 10.9. The number of allylic oxidation sites excluding steroid dienone is 1. The molecule has 2 aromatic carbocycles. The molecule has 0 aliphatic carbocycles. The van der Waals surface area contributed by atoms with Gasteiger partial charge in [-0.3, -0.25) is 4.98 Å². The second kappa shape index (κ2) is 6.51. The van der Waals surface area contributed by atoms with Gasteiger partial charge in [0.2, 0.25) is 0 Å². The van der Waals surface area contributed by atoms with Crippen LogP contribution in [0.15, 0.2) is 85.1 Å². The average molecular weight is 282 g/mol. The fraction of sp³-hybridized carbons (Fsp3) is 0. The summed E-state index contributed by atoms with van der Waals surface area (Å²) in [4.78, 5) is 4.44. The molecule has 22 heavy (non-hydrogen) atoms. The van der Waals surface area contributed by atoms with Gasteiger partial charge in [0.25, 0.3) is 0 Å².